The van der Waals surface area contributed by atoms with Crippen molar-refractivity contribution in [3.8, 4) is 0 Å². The van der Waals surface area contributed by atoms with Gasteiger partial charge in [-0.2, -0.15) is 0 Å². The number of aryl methyl sites for hydroxylation is 1. The van der Waals surface area contributed by atoms with Crippen molar-refractivity contribution in [1.29, 1.82) is 0 Å². The Kier molecular flexibility index (Phi) is 5.62. The highest BCUT2D eigenvalue weighted by molar-refractivity contribution is 5.25. The van der Waals surface area contributed by atoms with Crippen LogP contribution in [0.1, 0.15) is 62.5 Å². The lowest BCUT2D eigenvalue weighted by Crippen LogP contribution is -2.13. The van der Waals surface area contributed by atoms with Crippen LogP contribution in [0, 0.1) is 5.92 Å². The quantitative estimate of drug-likeness (QED) is 0.629. The zero-order chi connectivity index (χ0) is 13.5. The zero-order valence-electron chi connectivity index (χ0n) is 11.9. The van der Waals surface area contributed by atoms with E-state index in [4.69, 9.17) is 0 Å². The van der Waals surface area contributed by atoms with Gasteiger partial charge in [-0.25, -0.2) is 4.39 Å². The normalized spacial score (nSPS) is 23.9. The summed E-state index contributed by atoms with van der Waals surface area (Å²) in [5.74, 6) is 1.56. The molecular weight excluding hydrogens is 235 g/mol. The summed E-state index contributed by atoms with van der Waals surface area (Å²) in [6.45, 7) is 2.20. The van der Waals surface area contributed by atoms with E-state index in [-0.39, 0.29) is 0 Å². The molecule has 19 heavy (non-hydrogen) atoms. The average Bonchev–Trinajstić information content (AvgIpc) is 2.48. The van der Waals surface area contributed by atoms with Gasteiger partial charge in [0.1, 0.15) is 0 Å². The van der Waals surface area contributed by atoms with E-state index in [0.29, 0.717) is 6.33 Å². The minimum Gasteiger partial charge on any atom is -0.216 e. The Hall–Kier alpha value is -1.11. The molecule has 104 valence electrons. The van der Waals surface area contributed by atoms with Crippen LogP contribution in [-0.4, -0.2) is 0 Å². The molecule has 1 fully saturated rings. The lowest BCUT2D eigenvalue weighted by Gasteiger charge is -2.28. The fourth-order valence-electron chi connectivity index (χ4n) is 3.20. The van der Waals surface area contributed by atoms with Crippen molar-refractivity contribution in [3.05, 3.63) is 47.8 Å². The van der Waals surface area contributed by atoms with Crippen LogP contribution < -0.4 is 0 Å². The summed E-state index contributed by atoms with van der Waals surface area (Å²) in [6.07, 6.45) is 10.7. The third-order valence-corrected chi connectivity index (χ3v) is 4.54. The third-order valence-electron chi connectivity index (χ3n) is 4.54. The topological polar surface area (TPSA) is 0 Å². The highest BCUT2D eigenvalue weighted by Gasteiger charge is 2.21. The lowest BCUT2D eigenvalue weighted by atomic mass is 9.77. The number of benzene rings is 1. The van der Waals surface area contributed by atoms with Gasteiger partial charge < -0.3 is 0 Å². The molecule has 0 saturated heterocycles. The van der Waals surface area contributed by atoms with Crippen molar-refractivity contribution >= 4 is 0 Å². The Morgan fingerprint density at radius 1 is 1.11 bits per heavy atom. The van der Waals surface area contributed by atoms with Gasteiger partial charge in [0.05, 0.1) is 6.33 Å². The van der Waals surface area contributed by atoms with Gasteiger partial charge in [0.15, 0.2) is 0 Å². The SMILES string of the molecule is CCc1ccc([C@H]2CC[C@H](CC/C=C/F)CC2)cc1. The summed E-state index contributed by atoms with van der Waals surface area (Å²) >= 11 is 0. The van der Waals surface area contributed by atoms with Crippen LogP contribution in [0.4, 0.5) is 4.39 Å². The summed E-state index contributed by atoms with van der Waals surface area (Å²) in [4.78, 5) is 0. The fourth-order valence-corrected chi connectivity index (χ4v) is 3.20. The van der Waals surface area contributed by atoms with Crippen LogP contribution in [0.15, 0.2) is 36.7 Å². The Morgan fingerprint density at radius 2 is 1.79 bits per heavy atom. The van der Waals surface area contributed by atoms with Gasteiger partial charge in [-0.15, -0.1) is 0 Å². The third kappa shape index (κ3) is 4.19. The standard InChI is InChI=1S/C18H25F/c1-2-15-6-10-17(11-7-15)18-12-8-16(9-13-18)5-3-4-14-19/h4,6-7,10-11,14,16,18H,2-3,5,8-9,12-13H2,1H3/b14-4+/t16-,18-. The van der Waals surface area contributed by atoms with Gasteiger partial charge in [-0.05, 0) is 67.9 Å². The maximum Gasteiger partial charge on any atom is 0.0827 e. The molecule has 1 aromatic carbocycles. The number of hydrogen-bond donors (Lipinski definition) is 0. The van der Waals surface area contributed by atoms with Crippen molar-refractivity contribution in [2.75, 3.05) is 0 Å². The molecule has 1 aliphatic carbocycles. The van der Waals surface area contributed by atoms with Gasteiger partial charge >= 0.3 is 0 Å². The second-order valence-electron chi connectivity index (χ2n) is 5.75. The zero-order valence-corrected chi connectivity index (χ0v) is 11.9. The summed E-state index contributed by atoms with van der Waals surface area (Å²) < 4.78 is 11.9. The van der Waals surface area contributed by atoms with E-state index in [1.54, 1.807) is 6.08 Å². The Balaban J connectivity index is 1.81. The number of halogens is 1. The molecule has 1 aliphatic rings. The molecule has 0 unspecified atom stereocenters. The second kappa shape index (κ2) is 7.47. The maximum atomic E-state index is 11.9. The van der Waals surface area contributed by atoms with E-state index in [1.807, 2.05) is 0 Å². The van der Waals surface area contributed by atoms with Crippen molar-refractivity contribution in [3.63, 3.8) is 0 Å². The van der Waals surface area contributed by atoms with Gasteiger partial charge in [0.2, 0.25) is 0 Å². The van der Waals surface area contributed by atoms with E-state index >= 15 is 0 Å². The summed E-state index contributed by atoms with van der Waals surface area (Å²) in [6, 6.07) is 9.17. The molecular formula is C18H25F. The molecule has 1 aromatic rings. The predicted molar refractivity (Wildman–Crippen MR) is 80.0 cm³/mol. The fraction of sp³-hybridized carbons (Fsp3) is 0.556. The van der Waals surface area contributed by atoms with Gasteiger partial charge in [0.25, 0.3) is 0 Å². The van der Waals surface area contributed by atoms with Gasteiger partial charge in [-0.3, -0.25) is 0 Å². The van der Waals surface area contributed by atoms with Gasteiger partial charge in [0, 0.05) is 0 Å². The molecule has 0 N–H and O–H groups in total. The largest absolute Gasteiger partial charge is 0.216 e. The minimum atomic E-state index is 0.681. The highest BCUT2D eigenvalue weighted by atomic mass is 19.1. The first-order valence-corrected chi connectivity index (χ1v) is 7.67. The number of allylic oxidation sites excluding steroid dienone is 1. The van der Waals surface area contributed by atoms with Crippen LogP contribution in [0.25, 0.3) is 0 Å². The summed E-state index contributed by atoms with van der Waals surface area (Å²) in [5.41, 5.74) is 2.94. The first-order valence-electron chi connectivity index (χ1n) is 7.67. The predicted octanol–water partition coefficient (Wildman–Crippen LogP) is 5.79. The van der Waals surface area contributed by atoms with E-state index in [1.165, 1.54) is 36.8 Å². The molecule has 0 spiro atoms. The van der Waals surface area contributed by atoms with E-state index in [2.05, 4.69) is 31.2 Å². The second-order valence-corrected chi connectivity index (χ2v) is 5.75. The Labute approximate surface area is 116 Å². The van der Waals surface area contributed by atoms with Crippen LogP contribution >= 0.6 is 0 Å². The molecule has 0 nitrogen and oxygen atoms in total. The average molecular weight is 260 g/mol. The molecule has 1 heteroatoms. The van der Waals surface area contributed by atoms with Crippen LogP contribution in [0.5, 0.6) is 0 Å². The Bertz CT molecular complexity index is 383. The molecule has 0 bridgehead atoms. The number of rotatable bonds is 5. The van der Waals surface area contributed by atoms with Crippen LogP contribution in [0.3, 0.4) is 0 Å². The van der Waals surface area contributed by atoms with Crippen molar-refractivity contribution < 1.29 is 4.39 Å². The maximum absolute atomic E-state index is 11.9. The van der Waals surface area contributed by atoms with Crippen molar-refractivity contribution in [2.24, 2.45) is 5.92 Å². The van der Waals surface area contributed by atoms with Gasteiger partial charge in [-0.1, -0.05) is 37.3 Å². The van der Waals surface area contributed by atoms with E-state index in [0.717, 1.165) is 31.1 Å². The van der Waals surface area contributed by atoms with Crippen molar-refractivity contribution in [1.82, 2.24) is 0 Å². The molecule has 0 radical (unpaired) electrons. The summed E-state index contributed by atoms with van der Waals surface area (Å²) in [5, 5.41) is 0. The molecule has 0 atom stereocenters. The van der Waals surface area contributed by atoms with Crippen LogP contribution in [-0.2, 0) is 6.42 Å². The molecule has 0 aromatic heterocycles. The highest BCUT2D eigenvalue weighted by Crippen LogP contribution is 2.37. The molecule has 0 heterocycles. The smallest absolute Gasteiger partial charge is 0.0827 e. The minimum absolute atomic E-state index is 0.681. The monoisotopic (exact) mass is 260 g/mol. The summed E-state index contributed by atoms with van der Waals surface area (Å²) in [7, 11) is 0. The van der Waals surface area contributed by atoms with E-state index in [9.17, 15) is 4.39 Å². The molecule has 2 rings (SSSR count). The van der Waals surface area contributed by atoms with Crippen molar-refractivity contribution in [2.45, 2.75) is 57.8 Å². The molecule has 0 aliphatic heterocycles. The molecule has 0 amide bonds. The Morgan fingerprint density at radius 3 is 2.37 bits per heavy atom. The number of hydrogen-bond acceptors (Lipinski definition) is 0. The van der Waals surface area contributed by atoms with E-state index < -0.39 is 0 Å². The van der Waals surface area contributed by atoms with Crippen LogP contribution in [0.2, 0.25) is 0 Å². The lowest BCUT2D eigenvalue weighted by molar-refractivity contribution is 0.311. The first kappa shape index (κ1) is 14.3. The first-order chi connectivity index (χ1) is 9.33. The molecule has 1 saturated carbocycles.